The van der Waals surface area contributed by atoms with Gasteiger partial charge in [0.25, 0.3) is 5.91 Å². The number of rotatable bonds is 7. The molecule has 8 heteroatoms. The lowest BCUT2D eigenvalue weighted by Gasteiger charge is -2.15. The number of amides is 1. The van der Waals surface area contributed by atoms with Crippen LogP contribution < -0.4 is 15.4 Å². The molecule has 0 saturated carbocycles. The summed E-state index contributed by atoms with van der Waals surface area (Å²) in [7, 11) is 0. The van der Waals surface area contributed by atoms with E-state index < -0.39 is 11.9 Å². The zero-order valence-electron chi connectivity index (χ0n) is 16.7. The number of phenolic OH excluding ortho intramolecular Hbond substituents is 1. The van der Waals surface area contributed by atoms with E-state index in [0.717, 1.165) is 0 Å². The Hall–Kier alpha value is -3.81. The summed E-state index contributed by atoms with van der Waals surface area (Å²) < 4.78 is 5.75. The molecule has 30 heavy (non-hydrogen) atoms. The topological polar surface area (TPSA) is 120 Å². The van der Waals surface area contributed by atoms with Crippen molar-refractivity contribution in [1.82, 2.24) is 5.32 Å². The lowest BCUT2D eigenvalue weighted by molar-refractivity contribution is -0.132. The number of amidine groups is 1. The highest BCUT2D eigenvalue weighted by molar-refractivity contribution is 6.10. The van der Waals surface area contributed by atoms with Crippen molar-refractivity contribution in [2.75, 3.05) is 5.32 Å². The molecule has 1 heterocycles. The molecule has 0 saturated heterocycles. The van der Waals surface area contributed by atoms with Crippen LogP contribution in [0.25, 0.3) is 0 Å². The number of phenols is 1. The molecule has 0 aromatic heterocycles. The van der Waals surface area contributed by atoms with Crippen molar-refractivity contribution in [1.29, 1.82) is 0 Å². The van der Waals surface area contributed by atoms with Gasteiger partial charge < -0.3 is 25.6 Å². The maximum atomic E-state index is 12.7. The minimum absolute atomic E-state index is 0.0572. The van der Waals surface area contributed by atoms with Crippen LogP contribution in [0.5, 0.6) is 11.5 Å². The summed E-state index contributed by atoms with van der Waals surface area (Å²) in [6, 6.07) is 12.0. The van der Waals surface area contributed by atoms with Gasteiger partial charge >= 0.3 is 5.97 Å². The third kappa shape index (κ3) is 5.38. The molecule has 1 aliphatic rings. The first-order valence-electron chi connectivity index (χ1n) is 9.44. The summed E-state index contributed by atoms with van der Waals surface area (Å²) >= 11 is 0. The molecule has 0 spiro atoms. The predicted octanol–water partition coefficient (Wildman–Crippen LogP) is 3.29. The number of nitrogens with zero attached hydrogens (tertiary/aromatic N) is 1. The highest BCUT2D eigenvalue weighted by Crippen LogP contribution is 2.24. The van der Waals surface area contributed by atoms with E-state index in [0.29, 0.717) is 29.1 Å². The minimum atomic E-state index is -1.06. The van der Waals surface area contributed by atoms with Gasteiger partial charge in [0.05, 0.1) is 11.7 Å². The van der Waals surface area contributed by atoms with Crippen molar-refractivity contribution in [3.63, 3.8) is 0 Å². The largest absolute Gasteiger partial charge is 0.508 e. The second-order valence-corrected chi connectivity index (χ2v) is 7.06. The number of hydrogen-bond donors (Lipinski definition) is 4. The van der Waals surface area contributed by atoms with Crippen molar-refractivity contribution < 1.29 is 24.5 Å². The summed E-state index contributed by atoms with van der Waals surface area (Å²) in [5, 5.41) is 24.8. The normalized spacial score (nSPS) is 12.9. The van der Waals surface area contributed by atoms with Crippen molar-refractivity contribution >= 4 is 23.4 Å². The number of carboxylic acid groups (broad SMARTS) is 1. The maximum Gasteiger partial charge on any atom is 0.333 e. The van der Waals surface area contributed by atoms with Gasteiger partial charge in [-0.15, -0.1) is 0 Å². The Morgan fingerprint density at radius 3 is 2.63 bits per heavy atom. The van der Waals surface area contributed by atoms with Crippen LogP contribution in [0, 0.1) is 0 Å². The number of aromatic hydroxyl groups is 1. The summed E-state index contributed by atoms with van der Waals surface area (Å²) in [5.74, 6) is -0.524. The Morgan fingerprint density at radius 1 is 1.20 bits per heavy atom. The van der Waals surface area contributed by atoms with Crippen LogP contribution in [-0.4, -0.2) is 34.0 Å². The molecule has 8 nitrogen and oxygen atoms in total. The monoisotopic (exact) mass is 409 g/mol. The Morgan fingerprint density at radius 2 is 1.97 bits per heavy atom. The number of carbonyl (C=O) groups excluding carboxylic acids is 1. The fraction of sp³-hybridized carbons (Fsp3) is 0.227. The van der Waals surface area contributed by atoms with E-state index in [1.807, 2.05) is 19.9 Å². The number of ether oxygens (including phenoxy) is 1. The molecule has 1 aliphatic heterocycles. The molecule has 2 aromatic carbocycles. The van der Waals surface area contributed by atoms with E-state index >= 15 is 0 Å². The number of carboxylic acids is 1. The van der Waals surface area contributed by atoms with Gasteiger partial charge in [0.2, 0.25) is 0 Å². The van der Waals surface area contributed by atoms with Gasteiger partial charge in [0.15, 0.2) is 0 Å². The SMILES string of the molecule is CC(C)Oc1cc(NCc2ccccc2O)cc(C(=O)NC2=NC=C(C(=O)O)C2)c1. The molecule has 2 aromatic rings. The van der Waals surface area contributed by atoms with Gasteiger partial charge in [-0.3, -0.25) is 4.79 Å². The fourth-order valence-electron chi connectivity index (χ4n) is 2.87. The number of carbonyl (C=O) groups is 2. The summed E-state index contributed by atoms with van der Waals surface area (Å²) in [6.07, 6.45) is 1.20. The molecule has 0 unspecified atom stereocenters. The average Bonchev–Trinajstić information content (AvgIpc) is 3.15. The lowest BCUT2D eigenvalue weighted by atomic mass is 10.1. The maximum absolute atomic E-state index is 12.7. The third-order valence-corrected chi connectivity index (χ3v) is 4.28. The number of hydrogen-bond acceptors (Lipinski definition) is 6. The number of para-hydroxylation sites is 1. The first kappa shape index (κ1) is 20.9. The van der Waals surface area contributed by atoms with Crippen LogP contribution in [0.2, 0.25) is 0 Å². The standard InChI is InChI=1S/C22H23N3O5/c1-13(2)30-18-8-15(21(27)25-20-9-16(12-24-20)22(28)29)7-17(10-18)23-11-14-5-3-4-6-19(14)26/h3-8,10,12-13,23,26H,9,11H2,1-2H3,(H,28,29)(H,24,25,27). The smallest absolute Gasteiger partial charge is 0.333 e. The number of aliphatic imine (C=N–C) groups is 1. The molecule has 0 aliphatic carbocycles. The zero-order valence-corrected chi connectivity index (χ0v) is 16.7. The third-order valence-electron chi connectivity index (χ3n) is 4.28. The highest BCUT2D eigenvalue weighted by Gasteiger charge is 2.19. The molecule has 0 fully saturated rings. The Balaban J connectivity index is 1.76. The minimum Gasteiger partial charge on any atom is -0.508 e. The first-order chi connectivity index (χ1) is 14.3. The molecular formula is C22H23N3O5. The van der Waals surface area contributed by atoms with Crippen molar-refractivity contribution in [3.05, 3.63) is 65.4 Å². The van der Waals surface area contributed by atoms with Gasteiger partial charge in [-0.2, -0.15) is 0 Å². The quantitative estimate of drug-likeness (QED) is 0.557. The van der Waals surface area contributed by atoms with E-state index in [-0.39, 0.29) is 29.7 Å². The molecule has 0 bridgehead atoms. The second-order valence-electron chi connectivity index (χ2n) is 7.06. The van der Waals surface area contributed by atoms with Crippen molar-refractivity contribution in [2.24, 2.45) is 4.99 Å². The second kappa shape index (κ2) is 9.13. The van der Waals surface area contributed by atoms with Gasteiger partial charge in [-0.25, -0.2) is 9.79 Å². The summed E-state index contributed by atoms with van der Waals surface area (Å²) in [5.41, 5.74) is 1.80. The molecular weight excluding hydrogens is 386 g/mol. The number of aliphatic carboxylic acids is 1. The van der Waals surface area contributed by atoms with E-state index in [2.05, 4.69) is 15.6 Å². The Bertz CT molecular complexity index is 1030. The molecule has 156 valence electrons. The Labute approximate surface area is 173 Å². The average molecular weight is 409 g/mol. The van der Waals surface area contributed by atoms with Gasteiger partial charge in [-0.05, 0) is 32.0 Å². The first-order valence-corrected chi connectivity index (χ1v) is 9.44. The highest BCUT2D eigenvalue weighted by atomic mass is 16.5. The lowest BCUT2D eigenvalue weighted by Crippen LogP contribution is -2.30. The zero-order chi connectivity index (χ0) is 21.7. The number of anilines is 1. The van der Waals surface area contributed by atoms with Crippen molar-refractivity contribution in [2.45, 2.75) is 32.9 Å². The summed E-state index contributed by atoms with van der Waals surface area (Å²) in [6.45, 7) is 4.12. The van der Waals surface area contributed by atoms with Crippen LogP contribution in [-0.2, 0) is 11.3 Å². The molecule has 0 atom stereocenters. The van der Waals surface area contributed by atoms with E-state index in [1.54, 1.807) is 36.4 Å². The van der Waals surface area contributed by atoms with E-state index in [4.69, 9.17) is 9.84 Å². The summed E-state index contributed by atoms with van der Waals surface area (Å²) in [4.78, 5) is 27.7. The van der Waals surface area contributed by atoms with E-state index in [1.165, 1.54) is 6.20 Å². The Kier molecular flexibility index (Phi) is 6.36. The van der Waals surface area contributed by atoms with Gasteiger partial charge in [-0.1, -0.05) is 18.2 Å². The fourth-order valence-corrected chi connectivity index (χ4v) is 2.87. The van der Waals surface area contributed by atoms with E-state index in [9.17, 15) is 14.7 Å². The van der Waals surface area contributed by atoms with Gasteiger partial charge in [0.1, 0.15) is 17.3 Å². The molecule has 4 N–H and O–H groups in total. The number of benzene rings is 2. The predicted molar refractivity (Wildman–Crippen MR) is 113 cm³/mol. The number of nitrogens with one attached hydrogen (secondary N) is 2. The van der Waals surface area contributed by atoms with Crippen LogP contribution >= 0.6 is 0 Å². The van der Waals surface area contributed by atoms with Crippen LogP contribution in [0.1, 0.15) is 36.2 Å². The van der Waals surface area contributed by atoms with Crippen molar-refractivity contribution in [3.8, 4) is 11.5 Å². The van der Waals surface area contributed by atoms with Crippen LogP contribution in [0.3, 0.4) is 0 Å². The molecule has 3 rings (SSSR count). The van der Waals surface area contributed by atoms with Crippen LogP contribution in [0.15, 0.2) is 59.2 Å². The van der Waals surface area contributed by atoms with Gasteiger partial charge in [0, 0.05) is 42.0 Å². The molecule has 1 amide bonds. The molecule has 0 radical (unpaired) electrons. The van der Waals surface area contributed by atoms with Crippen LogP contribution in [0.4, 0.5) is 5.69 Å².